The minimum Gasteiger partial charge on any atom is -0.491 e. The van der Waals surface area contributed by atoms with E-state index >= 15 is 0 Å². The van der Waals surface area contributed by atoms with Crippen molar-refractivity contribution in [1.29, 1.82) is 0 Å². The van der Waals surface area contributed by atoms with Gasteiger partial charge in [-0.05, 0) is 25.1 Å². The SMILES string of the molecule is CC(N)C(=O)c1ccc2c(c1)N(C)C(=O)CCO2. The first-order valence-electron chi connectivity index (χ1n) is 5.84. The van der Waals surface area contributed by atoms with Crippen molar-refractivity contribution in [1.82, 2.24) is 0 Å². The van der Waals surface area contributed by atoms with Gasteiger partial charge in [-0.25, -0.2) is 0 Å². The molecule has 0 bridgehead atoms. The summed E-state index contributed by atoms with van der Waals surface area (Å²) in [4.78, 5) is 25.1. The second kappa shape index (κ2) is 4.78. The highest BCUT2D eigenvalue weighted by molar-refractivity contribution is 6.02. The highest BCUT2D eigenvalue weighted by Crippen LogP contribution is 2.31. The number of carbonyl (C=O) groups is 2. The lowest BCUT2D eigenvalue weighted by Crippen LogP contribution is -2.28. The average molecular weight is 248 g/mol. The Hall–Kier alpha value is -1.88. The van der Waals surface area contributed by atoms with E-state index in [1.165, 1.54) is 4.90 Å². The molecule has 2 N–H and O–H groups in total. The van der Waals surface area contributed by atoms with Crippen molar-refractivity contribution >= 4 is 17.4 Å². The summed E-state index contributed by atoms with van der Waals surface area (Å²) in [6.07, 6.45) is 0.335. The van der Waals surface area contributed by atoms with Crippen LogP contribution in [0.25, 0.3) is 0 Å². The number of ether oxygens (including phenoxy) is 1. The second-order valence-corrected chi connectivity index (χ2v) is 4.39. The average Bonchev–Trinajstić information content (AvgIpc) is 2.49. The number of benzene rings is 1. The molecule has 1 aliphatic rings. The maximum Gasteiger partial charge on any atom is 0.230 e. The van der Waals surface area contributed by atoms with Gasteiger partial charge in [0.2, 0.25) is 5.91 Å². The van der Waals surface area contributed by atoms with Crippen LogP contribution in [0.15, 0.2) is 18.2 Å². The number of nitrogens with zero attached hydrogens (tertiary/aromatic N) is 1. The van der Waals surface area contributed by atoms with Gasteiger partial charge in [-0.15, -0.1) is 0 Å². The van der Waals surface area contributed by atoms with Gasteiger partial charge in [-0.2, -0.15) is 0 Å². The molecule has 0 saturated heterocycles. The zero-order chi connectivity index (χ0) is 13.3. The Labute approximate surface area is 106 Å². The molecule has 0 radical (unpaired) electrons. The van der Waals surface area contributed by atoms with Gasteiger partial charge in [0, 0.05) is 12.6 Å². The molecular weight excluding hydrogens is 232 g/mol. The summed E-state index contributed by atoms with van der Waals surface area (Å²) in [5.41, 5.74) is 6.68. The highest BCUT2D eigenvalue weighted by Gasteiger charge is 2.22. The van der Waals surface area contributed by atoms with Crippen molar-refractivity contribution in [2.75, 3.05) is 18.6 Å². The summed E-state index contributed by atoms with van der Waals surface area (Å²) < 4.78 is 5.48. The fourth-order valence-corrected chi connectivity index (χ4v) is 1.87. The van der Waals surface area contributed by atoms with Crippen molar-refractivity contribution in [3.8, 4) is 5.75 Å². The summed E-state index contributed by atoms with van der Waals surface area (Å²) in [5, 5.41) is 0. The van der Waals surface area contributed by atoms with Crippen LogP contribution < -0.4 is 15.4 Å². The number of hydrogen-bond acceptors (Lipinski definition) is 4. The molecule has 5 nitrogen and oxygen atoms in total. The number of Topliss-reactive ketones (excluding diaryl/α,β-unsaturated/α-hetero) is 1. The standard InChI is InChI=1S/C13H16N2O3/c1-8(14)13(17)9-3-4-11-10(7-9)15(2)12(16)5-6-18-11/h3-4,7-8H,5-6,14H2,1-2H3. The molecule has 0 fully saturated rings. The third-order valence-electron chi connectivity index (χ3n) is 2.97. The molecule has 5 heteroatoms. The summed E-state index contributed by atoms with van der Waals surface area (Å²) in [6, 6.07) is 4.48. The monoisotopic (exact) mass is 248 g/mol. The number of carbonyl (C=O) groups excluding carboxylic acids is 2. The van der Waals surface area contributed by atoms with Crippen molar-refractivity contribution in [2.24, 2.45) is 5.73 Å². The van der Waals surface area contributed by atoms with Crippen molar-refractivity contribution in [3.05, 3.63) is 23.8 Å². The van der Waals surface area contributed by atoms with Gasteiger partial charge in [0.1, 0.15) is 5.75 Å². The Morgan fingerprint density at radius 2 is 2.22 bits per heavy atom. The second-order valence-electron chi connectivity index (χ2n) is 4.39. The molecule has 1 aromatic rings. The number of anilines is 1. The molecule has 1 aromatic carbocycles. The number of nitrogens with two attached hydrogens (primary N) is 1. The lowest BCUT2D eigenvalue weighted by molar-refractivity contribution is -0.118. The molecule has 1 unspecified atom stereocenters. The van der Waals surface area contributed by atoms with E-state index in [9.17, 15) is 9.59 Å². The zero-order valence-corrected chi connectivity index (χ0v) is 10.5. The molecule has 0 spiro atoms. The van der Waals surface area contributed by atoms with Gasteiger partial charge in [-0.1, -0.05) is 0 Å². The summed E-state index contributed by atoms with van der Waals surface area (Å²) >= 11 is 0. The van der Waals surface area contributed by atoms with E-state index in [0.717, 1.165) is 0 Å². The van der Waals surface area contributed by atoms with E-state index in [2.05, 4.69) is 0 Å². The summed E-state index contributed by atoms with van der Waals surface area (Å²) in [6.45, 7) is 2.00. The summed E-state index contributed by atoms with van der Waals surface area (Å²) in [5.74, 6) is 0.437. The maximum absolute atomic E-state index is 11.8. The number of amides is 1. The topological polar surface area (TPSA) is 72.6 Å². The molecule has 96 valence electrons. The first kappa shape index (κ1) is 12.6. The Kier molecular flexibility index (Phi) is 3.34. The van der Waals surface area contributed by atoms with Gasteiger partial charge < -0.3 is 15.4 Å². The van der Waals surface area contributed by atoms with Crippen LogP contribution in [0.4, 0.5) is 5.69 Å². The number of fused-ring (bicyclic) bond motifs is 1. The molecule has 0 saturated carbocycles. The van der Waals surface area contributed by atoms with Crippen LogP contribution in [0.1, 0.15) is 23.7 Å². The van der Waals surface area contributed by atoms with Crippen LogP contribution >= 0.6 is 0 Å². The van der Waals surface area contributed by atoms with Crippen LogP contribution in [-0.2, 0) is 4.79 Å². The first-order chi connectivity index (χ1) is 8.50. The molecule has 1 atom stereocenters. The minimum absolute atomic E-state index is 0.0286. The molecule has 0 aromatic heterocycles. The van der Waals surface area contributed by atoms with E-state index in [1.54, 1.807) is 32.2 Å². The van der Waals surface area contributed by atoms with Gasteiger partial charge in [0.05, 0.1) is 24.8 Å². The van der Waals surface area contributed by atoms with E-state index in [0.29, 0.717) is 30.0 Å². The minimum atomic E-state index is -0.559. The zero-order valence-electron chi connectivity index (χ0n) is 10.5. The largest absolute Gasteiger partial charge is 0.491 e. The number of ketones is 1. The fourth-order valence-electron chi connectivity index (χ4n) is 1.87. The molecule has 0 aliphatic carbocycles. The maximum atomic E-state index is 11.8. The normalized spacial score (nSPS) is 16.6. The van der Waals surface area contributed by atoms with Crippen LogP contribution in [0.2, 0.25) is 0 Å². The van der Waals surface area contributed by atoms with Gasteiger partial charge in [-0.3, -0.25) is 9.59 Å². The van der Waals surface area contributed by atoms with Crippen LogP contribution in [0, 0.1) is 0 Å². The molecule has 1 amide bonds. The Morgan fingerprint density at radius 3 is 2.89 bits per heavy atom. The van der Waals surface area contributed by atoms with E-state index in [1.807, 2.05) is 0 Å². The lowest BCUT2D eigenvalue weighted by atomic mass is 10.0. The molecule has 1 aliphatic heterocycles. The van der Waals surface area contributed by atoms with Crippen molar-refractivity contribution in [2.45, 2.75) is 19.4 Å². The van der Waals surface area contributed by atoms with Crippen LogP contribution in [0.3, 0.4) is 0 Å². The third-order valence-corrected chi connectivity index (χ3v) is 2.97. The third kappa shape index (κ3) is 2.22. The molecule has 2 rings (SSSR count). The quantitative estimate of drug-likeness (QED) is 0.791. The first-order valence-corrected chi connectivity index (χ1v) is 5.84. The smallest absolute Gasteiger partial charge is 0.230 e. The van der Waals surface area contributed by atoms with Gasteiger partial charge in [0.25, 0.3) is 0 Å². The predicted octanol–water partition coefficient (Wildman–Crippen LogP) is 0.962. The highest BCUT2D eigenvalue weighted by atomic mass is 16.5. The summed E-state index contributed by atoms with van der Waals surface area (Å²) in [7, 11) is 1.68. The van der Waals surface area contributed by atoms with E-state index < -0.39 is 6.04 Å². The van der Waals surface area contributed by atoms with Crippen molar-refractivity contribution in [3.63, 3.8) is 0 Å². The number of rotatable bonds is 2. The Bertz CT molecular complexity index is 497. The van der Waals surface area contributed by atoms with E-state index in [-0.39, 0.29) is 11.7 Å². The molecule has 1 heterocycles. The van der Waals surface area contributed by atoms with Crippen LogP contribution in [0.5, 0.6) is 5.75 Å². The van der Waals surface area contributed by atoms with Crippen molar-refractivity contribution < 1.29 is 14.3 Å². The Balaban J connectivity index is 2.44. The predicted molar refractivity (Wildman–Crippen MR) is 67.9 cm³/mol. The molecular formula is C13H16N2O3. The van der Waals surface area contributed by atoms with Gasteiger partial charge >= 0.3 is 0 Å². The van der Waals surface area contributed by atoms with Gasteiger partial charge in [0.15, 0.2) is 5.78 Å². The van der Waals surface area contributed by atoms with E-state index in [4.69, 9.17) is 10.5 Å². The molecule has 18 heavy (non-hydrogen) atoms. The lowest BCUT2D eigenvalue weighted by Gasteiger charge is -2.17. The Morgan fingerprint density at radius 1 is 1.50 bits per heavy atom. The fraction of sp³-hybridized carbons (Fsp3) is 0.385. The number of hydrogen-bond donors (Lipinski definition) is 1. The van der Waals surface area contributed by atoms with Crippen LogP contribution in [-0.4, -0.2) is 31.4 Å².